The molecule has 2 N–H and O–H groups in total. The highest BCUT2D eigenvalue weighted by Crippen LogP contribution is 2.29. The molecular formula is C25H22N2O3. The van der Waals surface area contributed by atoms with Gasteiger partial charge in [-0.15, -0.1) is 0 Å². The number of carbonyl (C=O) groups excluding carboxylic acids is 3. The fourth-order valence-corrected chi connectivity index (χ4v) is 3.65. The summed E-state index contributed by atoms with van der Waals surface area (Å²) in [5, 5.41) is 0. The fraction of sp³-hybridized carbons (Fsp3) is 0.160. The maximum Gasteiger partial charge on any atom is 0.266 e. The SMILES string of the molecule is CC(C)c1ccc(Cc2ccc(N3C(=O)c4ccc(C(N)=O)cc4C3=O)cc2)cc1. The molecule has 1 aliphatic rings. The molecule has 3 amide bonds. The van der Waals surface area contributed by atoms with E-state index in [9.17, 15) is 14.4 Å². The second-order valence-electron chi connectivity index (χ2n) is 7.81. The Bertz CT molecular complexity index is 1150. The predicted octanol–water partition coefficient (Wildman–Crippen LogP) is 4.30. The summed E-state index contributed by atoms with van der Waals surface area (Å²) >= 11 is 0. The first-order valence-corrected chi connectivity index (χ1v) is 9.85. The fourth-order valence-electron chi connectivity index (χ4n) is 3.65. The van der Waals surface area contributed by atoms with Crippen LogP contribution in [0.15, 0.2) is 66.7 Å². The molecule has 0 radical (unpaired) electrons. The van der Waals surface area contributed by atoms with Gasteiger partial charge in [-0.3, -0.25) is 14.4 Å². The van der Waals surface area contributed by atoms with Gasteiger partial charge < -0.3 is 5.73 Å². The van der Waals surface area contributed by atoms with Gasteiger partial charge in [0, 0.05) is 5.56 Å². The molecule has 1 heterocycles. The van der Waals surface area contributed by atoms with Gasteiger partial charge in [-0.1, -0.05) is 50.2 Å². The number of hydrogen-bond acceptors (Lipinski definition) is 3. The average molecular weight is 398 g/mol. The Balaban J connectivity index is 1.54. The minimum Gasteiger partial charge on any atom is -0.366 e. The van der Waals surface area contributed by atoms with Crippen LogP contribution in [0.2, 0.25) is 0 Å². The second-order valence-corrected chi connectivity index (χ2v) is 7.81. The monoisotopic (exact) mass is 398 g/mol. The van der Waals surface area contributed by atoms with Crippen LogP contribution in [0.3, 0.4) is 0 Å². The topological polar surface area (TPSA) is 80.5 Å². The Labute approximate surface area is 175 Å². The van der Waals surface area contributed by atoms with Crippen LogP contribution < -0.4 is 10.6 Å². The van der Waals surface area contributed by atoms with Crippen molar-refractivity contribution in [2.24, 2.45) is 5.73 Å². The number of fused-ring (bicyclic) bond motifs is 1. The van der Waals surface area contributed by atoms with Gasteiger partial charge in [0.25, 0.3) is 11.8 Å². The lowest BCUT2D eigenvalue weighted by molar-refractivity contribution is 0.0925. The summed E-state index contributed by atoms with van der Waals surface area (Å²) in [7, 11) is 0. The van der Waals surface area contributed by atoms with Crippen LogP contribution in [0, 0.1) is 0 Å². The summed E-state index contributed by atoms with van der Waals surface area (Å²) in [6.45, 7) is 4.34. The minimum atomic E-state index is -0.637. The average Bonchev–Trinajstić information content (AvgIpc) is 2.99. The molecule has 4 rings (SSSR count). The third-order valence-corrected chi connectivity index (χ3v) is 5.42. The van der Waals surface area contributed by atoms with Gasteiger partial charge >= 0.3 is 0 Å². The molecular weight excluding hydrogens is 376 g/mol. The quantitative estimate of drug-likeness (QED) is 0.651. The van der Waals surface area contributed by atoms with Crippen molar-refractivity contribution in [2.75, 3.05) is 4.90 Å². The highest BCUT2D eigenvalue weighted by Gasteiger charge is 2.37. The smallest absolute Gasteiger partial charge is 0.266 e. The molecule has 1 aliphatic heterocycles. The summed E-state index contributed by atoms with van der Waals surface area (Å²) in [6.07, 6.45) is 0.767. The van der Waals surface area contributed by atoms with Gasteiger partial charge in [-0.2, -0.15) is 0 Å². The zero-order chi connectivity index (χ0) is 21.4. The first kappa shape index (κ1) is 19.6. The third-order valence-electron chi connectivity index (χ3n) is 5.42. The van der Waals surface area contributed by atoms with E-state index in [1.54, 1.807) is 12.1 Å². The lowest BCUT2D eigenvalue weighted by atomic mass is 9.99. The summed E-state index contributed by atoms with van der Waals surface area (Å²) in [4.78, 5) is 38.1. The van der Waals surface area contributed by atoms with E-state index in [1.165, 1.54) is 29.3 Å². The van der Waals surface area contributed by atoms with Crippen molar-refractivity contribution >= 4 is 23.4 Å². The maximum atomic E-state index is 12.8. The molecule has 3 aromatic carbocycles. The van der Waals surface area contributed by atoms with E-state index in [0.29, 0.717) is 11.6 Å². The summed E-state index contributed by atoms with van der Waals surface area (Å²) in [5.74, 6) is -0.988. The van der Waals surface area contributed by atoms with Gasteiger partial charge in [-0.25, -0.2) is 4.90 Å². The molecule has 0 atom stereocenters. The summed E-state index contributed by atoms with van der Waals surface area (Å²) < 4.78 is 0. The van der Waals surface area contributed by atoms with Crippen molar-refractivity contribution < 1.29 is 14.4 Å². The molecule has 30 heavy (non-hydrogen) atoms. The molecule has 0 fully saturated rings. The maximum absolute atomic E-state index is 12.8. The predicted molar refractivity (Wildman–Crippen MR) is 116 cm³/mol. The number of amides is 3. The van der Waals surface area contributed by atoms with E-state index in [2.05, 4.69) is 38.1 Å². The zero-order valence-corrected chi connectivity index (χ0v) is 16.9. The molecule has 0 spiro atoms. The highest BCUT2D eigenvalue weighted by atomic mass is 16.2. The summed E-state index contributed by atoms with van der Waals surface area (Å²) in [5.41, 5.74) is 10.1. The van der Waals surface area contributed by atoms with E-state index >= 15 is 0 Å². The highest BCUT2D eigenvalue weighted by molar-refractivity contribution is 6.34. The lowest BCUT2D eigenvalue weighted by Gasteiger charge is -2.14. The molecule has 5 heteroatoms. The second kappa shape index (κ2) is 7.59. The van der Waals surface area contributed by atoms with Gasteiger partial charge in [0.05, 0.1) is 16.8 Å². The number of imide groups is 1. The first-order chi connectivity index (χ1) is 14.3. The Hall–Kier alpha value is -3.73. The van der Waals surface area contributed by atoms with Crippen LogP contribution in [-0.2, 0) is 6.42 Å². The van der Waals surface area contributed by atoms with Crippen LogP contribution in [0.4, 0.5) is 5.69 Å². The Morgan fingerprint density at radius 3 is 1.97 bits per heavy atom. The zero-order valence-electron chi connectivity index (χ0n) is 16.9. The normalized spacial score (nSPS) is 13.1. The van der Waals surface area contributed by atoms with Crippen LogP contribution in [-0.4, -0.2) is 17.7 Å². The Kier molecular flexibility index (Phi) is 4.96. The van der Waals surface area contributed by atoms with E-state index in [0.717, 1.165) is 16.9 Å². The van der Waals surface area contributed by atoms with E-state index in [1.807, 2.05) is 12.1 Å². The molecule has 0 saturated carbocycles. The van der Waals surface area contributed by atoms with Crippen molar-refractivity contribution in [2.45, 2.75) is 26.2 Å². The molecule has 0 aromatic heterocycles. The van der Waals surface area contributed by atoms with Crippen molar-refractivity contribution in [3.05, 3.63) is 100 Å². The lowest BCUT2D eigenvalue weighted by Crippen LogP contribution is -2.29. The number of anilines is 1. The van der Waals surface area contributed by atoms with Gasteiger partial charge in [0.15, 0.2) is 0 Å². The largest absolute Gasteiger partial charge is 0.366 e. The number of rotatable bonds is 5. The molecule has 3 aromatic rings. The molecule has 0 unspecified atom stereocenters. The van der Waals surface area contributed by atoms with Crippen LogP contribution >= 0.6 is 0 Å². The van der Waals surface area contributed by atoms with Crippen LogP contribution in [0.5, 0.6) is 0 Å². The minimum absolute atomic E-state index is 0.200. The van der Waals surface area contributed by atoms with Crippen molar-refractivity contribution in [3.63, 3.8) is 0 Å². The molecule has 0 bridgehead atoms. The summed E-state index contributed by atoms with van der Waals surface area (Å²) in [6, 6.07) is 20.3. The van der Waals surface area contributed by atoms with E-state index < -0.39 is 17.7 Å². The van der Waals surface area contributed by atoms with Gasteiger partial charge in [-0.05, 0) is 59.4 Å². The number of nitrogens with zero attached hydrogens (tertiary/aromatic N) is 1. The van der Waals surface area contributed by atoms with E-state index in [4.69, 9.17) is 5.73 Å². The Morgan fingerprint density at radius 1 is 0.833 bits per heavy atom. The number of nitrogens with two attached hydrogens (primary N) is 1. The van der Waals surface area contributed by atoms with Crippen molar-refractivity contribution in [1.29, 1.82) is 0 Å². The molecule has 0 aliphatic carbocycles. The third kappa shape index (κ3) is 3.50. The standard InChI is InChI=1S/C25H22N2O3/c1-15(2)18-7-3-16(4-8-18)13-17-5-10-20(11-6-17)27-24(29)21-12-9-19(23(26)28)14-22(21)25(27)30/h3-12,14-15H,13H2,1-2H3,(H2,26,28). The van der Waals surface area contributed by atoms with Gasteiger partial charge in [0.2, 0.25) is 5.91 Å². The number of benzene rings is 3. The van der Waals surface area contributed by atoms with Crippen molar-refractivity contribution in [3.8, 4) is 0 Å². The van der Waals surface area contributed by atoms with Crippen molar-refractivity contribution in [1.82, 2.24) is 0 Å². The molecule has 150 valence electrons. The van der Waals surface area contributed by atoms with Gasteiger partial charge in [0.1, 0.15) is 0 Å². The van der Waals surface area contributed by atoms with Crippen LogP contribution in [0.1, 0.15) is 67.5 Å². The molecule has 0 saturated heterocycles. The molecule has 5 nitrogen and oxygen atoms in total. The number of primary amides is 1. The van der Waals surface area contributed by atoms with E-state index in [-0.39, 0.29) is 16.7 Å². The first-order valence-electron chi connectivity index (χ1n) is 9.85. The number of hydrogen-bond donors (Lipinski definition) is 1. The Morgan fingerprint density at radius 2 is 1.40 bits per heavy atom. The number of carbonyl (C=O) groups is 3. The van der Waals surface area contributed by atoms with Crippen LogP contribution in [0.25, 0.3) is 0 Å².